The van der Waals surface area contributed by atoms with Crippen LogP contribution in [0.2, 0.25) is 0 Å². The molecule has 1 aromatic rings. The lowest BCUT2D eigenvalue weighted by Gasteiger charge is -2.33. The first-order valence-corrected chi connectivity index (χ1v) is 6.84. The highest BCUT2D eigenvalue weighted by Gasteiger charge is 2.33. The van der Waals surface area contributed by atoms with Crippen LogP contribution in [0.1, 0.15) is 43.1 Å². The number of aryl methyl sites for hydroxylation is 1. The Bertz CT molecular complexity index is 467. The monoisotopic (exact) mass is 264 g/mol. The fourth-order valence-electron chi connectivity index (χ4n) is 2.62. The van der Waals surface area contributed by atoms with Gasteiger partial charge in [0.25, 0.3) is 5.91 Å². The number of carboxylic acid groups (broad SMARTS) is 1. The summed E-state index contributed by atoms with van der Waals surface area (Å²) < 4.78 is 1.90. The molecule has 0 saturated carbocycles. The maximum absolute atomic E-state index is 12.5. The van der Waals surface area contributed by atoms with E-state index >= 15 is 0 Å². The molecule has 1 aromatic heterocycles. The highest BCUT2D eigenvalue weighted by atomic mass is 16.4. The van der Waals surface area contributed by atoms with Crippen molar-refractivity contribution < 1.29 is 14.7 Å². The second-order valence-corrected chi connectivity index (χ2v) is 4.94. The van der Waals surface area contributed by atoms with Gasteiger partial charge in [0.1, 0.15) is 11.7 Å². The fourth-order valence-corrected chi connectivity index (χ4v) is 2.62. The lowest BCUT2D eigenvalue weighted by Crippen LogP contribution is -2.48. The normalized spacial score (nSPS) is 19.4. The molecular weight excluding hydrogens is 244 g/mol. The van der Waals surface area contributed by atoms with Crippen molar-refractivity contribution >= 4 is 11.9 Å². The number of aliphatic carboxylic acids is 1. The van der Waals surface area contributed by atoms with E-state index in [0.717, 1.165) is 25.8 Å². The molecule has 0 aromatic carbocycles. The van der Waals surface area contributed by atoms with Gasteiger partial charge in [-0.1, -0.05) is 6.92 Å². The molecule has 1 saturated heterocycles. The van der Waals surface area contributed by atoms with Gasteiger partial charge >= 0.3 is 5.97 Å². The summed E-state index contributed by atoms with van der Waals surface area (Å²) in [6.45, 7) is 3.36. The summed E-state index contributed by atoms with van der Waals surface area (Å²) in [4.78, 5) is 25.3. The van der Waals surface area contributed by atoms with Crippen LogP contribution in [-0.2, 0) is 11.3 Å². The van der Waals surface area contributed by atoms with E-state index in [1.807, 2.05) is 16.8 Å². The van der Waals surface area contributed by atoms with Gasteiger partial charge in [-0.15, -0.1) is 0 Å². The molecule has 1 aliphatic rings. The molecule has 19 heavy (non-hydrogen) atoms. The zero-order valence-corrected chi connectivity index (χ0v) is 11.2. The van der Waals surface area contributed by atoms with Gasteiger partial charge in [0.05, 0.1) is 0 Å². The molecule has 1 atom stereocenters. The number of carboxylic acids is 1. The van der Waals surface area contributed by atoms with E-state index < -0.39 is 12.0 Å². The quantitative estimate of drug-likeness (QED) is 0.904. The Kier molecular flexibility index (Phi) is 4.24. The van der Waals surface area contributed by atoms with E-state index in [2.05, 4.69) is 6.92 Å². The van der Waals surface area contributed by atoms with E-state index in [-0.39, 0.29) is 5.91 Å². The molecule has 1 fully saturated rings. The lowest BCUT2D eigenvalue weighted by molar-refractivity contribution is -0.143. The average molecular weight is 264 g/mol. The van der Waals surface area contributed by atoms with E-state index in [0.29, 0.717) is 18.7 Å². The summed E-state index contributed by atoms with van der Waals surface area (Å²) in [5.74, 6) is -1.06. The third-order valence-corrected chi connectivity index (χ3v) is 3.56. The van der Waals surface area contributed by atoms with E-state index in [9.17, 15) is 14.7 Å². The highest BCUT2D eigenvalue weighted by Crippen LogP contribution is 2.20. The SMILES string of the molecule is CCCn1cccc1C(=O)N1CCCC[C@H]1C(=O)O. The van der Waals surface area contributed by atoms with Crippen molar-refractivity contribution in [1.29, 1.82) is 0 Å². The van der Waals surface area contributed by atoms with Crippen LogP contribution < -0.4 is 0 Å². The third-order valence-electron chi connectivity index (χ3n) is 3.56. The van der Waals surface area contributed by atoms with Crippen molar-refractivity contribution in [3.05, 3.63) is 24.0 Å². The van der Waals surface area contributed by atoms with Crippen molar-refractivity contribution in [2.45, 2.75) is 45.2 Å². The average Bonchev–Trinajstić information content (AvgIpc) is 2.86. The molecular formula is C14H20N2O3. The molecule has 0 bridgehead atoms. The Morgan fingerprint density at radius 3 is 2.89 bits per heavy atom. The van der Waals surface area contributed by atoms with Crippen LogP contribution in [0.4, 0.5) is 0 Å². The Morgan fingerprint density at radius 1 is 1.42 bits per heavy atom. The van der Waals surface area contributed by atoms with Crippen LogP contribution in [0.15, 0.2) is 18.3 Å². The van der Waals surface area contributed by atoms with Gasteiger partial charge in [0.2, 0.25) is 0 Å². The minimum atomic E-state index is -0.901. The molecule has 0 spiro atoms. The predicted molar refractivity (Wildman–Crippen MR) is 71.0 cm³/mol. The van der Waals surface area contributed by atoms with Crippen molar-refractivity contribution in [1.82, 2.24) is 9.47 Å². The number of carbonyl (C=O) groups is 2. The molecule has 2 rings (SSSR count). The number of amides is 1. The number of aromatic nitrogens is 1. The number of carbonyl (C=O) groups excluding carboxylic acids is 1. The molecule has 0 unspecified atom stereocenters. The molecule has 5 nitrogen and oxygen atoms in total. The van der Waals surface area contributed by atoms with E-state index in [4.69, 9.17) is 0 Å². The summed E-state index contributed by atoms with van der Waals surface area (Å²) in [6, 6.07) is 2.93. The van der Waals surface area contributed by atoms with E-state index in [1.54, 1.807) is 6.07 Å². The Labute approximate surface area is 112 Å². The summed E-state index contributed by atoms with van der Waals surface area (Å²) >= 11 is 0. The molecule has 1 N–H and O–H groups in total. The van der Waals surface area contributed by atoms with Crippen LogP contribution in [0.25, 0.3) is 0 Å². The van der Waals surface area contributed by atoms with Crippen LogP contribution in [0, 0.1) is 0 Å². The first kappa shape index (κ1) is 13.6. The van der Waals surface area contributed by atoms with Crippen molar-refractivity contribution in [2.75, 3.05) is 6.54 Å². The topological polar surface area (TPSA) is 62.5 Å². The minimum absolute atomic E-state index is 0.162. The third kappa shape index (κ3) is 2.80. The number of hydrogen-bond acceptors (Lipinski definition) is 2. The zero-order chi connectivity index (χ0) is 13.8. The van der Waals surface area contributed by atoms with E-state index in [1.165, 1.54) is 4.90 Å². The molecule has 1 aliphatic heterocycles. The molecule has 1 amide bonds. The Balaban J connectivity index is 2.21. The maximum Gasteiger partial charge on any atom is 0.326 e. The Hall–Kier alpha value is -1.78. The van der Waals surface area contributed by atoms with Gasteiger partial charge in [0, 0.05) is 19.3 Å². The molecule has 0 radical (unpaired) electrons. The first-order valence-electron chi connectivity index (χ1n) is 6.84. The molecule has 104 valence electrons. The molecule has 0 aliphatic carbocycles. The zero-order valence-electron chi connectivity index (χ0n) is 11.2. The lowest BCUT2D eigenvalue weighted by atomic mass is 10.0. The van der Waals surface area contributed by atoms with Crippen LogP contribution in [-0.4, -0.2) is 39.0 Å². The summed E-state index contributed by atoms with van der Waals surface area (Å²) in [6.07, 6.45) is 5.12. The molecule has 5 heteroatoms. The van der Waals surface area contributed by atoms with Crippen molar-refractivity contribution in [3.63, 3.8) is 0 Å². The first-order chi connectivity index (χ1) is 9.15. The van der Waals surface area contributed by atoms with Crippen molar-refractivity contribution in [3.8, 4) is 0 Å². The number of likely N-dealkylation sites (tertiary alicyclic amines) is 1. The second-order valence-electron chi connectivity index (χ2n) is 4.94. The van der Waals surface area contributed by atoms with Crippen LogP contribution >= 0.6 is 0 Å². The predicted octanol–water partition coefficient (Wildman–Crippen LogP) is 1.98. The van der Waals surface area contributed by atoms with Crippen molar-refractivity contribution in [2.24, 2.45) is 0 Å². The summed E-state index contributed by atoms with van der Waals surface area (Å²) in [7, 11) is 0. The van der Waals surface area contributed by atoms with Gasteiger partial charge < -0.3 is 14.6 Å². The second kappa shape index (κ2) is 5.91. The number of piperidine rings is 1. The molecule has 2 heterocycles. The minimum Gasteiger partial charge on any atom is -0.480 e. The van der Waals surface area contributed by atoms with Crippen LogP contribution in [0.3, 0.4) is 0 Å². The van der Waals surface area contributed by atoms with Crippen LogP contribution in [0.5, 0.6) is 0 Å². The smallest absolute Gasteiger partial charge is 0.326 e. The summed E-state index contributed by atoms with van der Waals surface area (Å²) in [5, 5.41) is 9.23. The maximum atomic E-state index is 12.5. The number of rotatable bonds is 4. The number of hydrogen-bond donors (Lipinski definition) is 1. The fraction of sp³-hybridized carbons (Fsp3) is 0.571. The van der Waals surface area contributed by atoms with Gasteiger partial charge in [0.15, 0.2) is 0 Å². The largest absolute Gasteiger partial charge is 0.480 e. The summed E-state index contributed by atoms with van der Waals surface area (Å²) in [5.41, 5.74) is 0.593. The highest BCUT2D eigenvalue weighted by molar-refractivity contribution is 5.95. The van der Waals surface area contributed by atoms with Gasteiger partial charge in [-0.05, 0) is 37.8 Å². The number of nitrogens with zero attached hydrogens (tertiary/aromatic N) is 2. The van der Waals surface area contributed by atoms with Gasteiger partial charge in [-0.25, -0.2) is 4.79 Å². The standard InChI is InChI=1S/C14H20N2O3/c1-2-8-15-9-5-7-11(15)13(17)16-10-4-3-6-12(16)14(18)19/h5,7,9,12H,2-4,6,8,10H2,1H3,(H,18,19)/t12-/m0/s1. The van der Waals surface area contributed by atoms with Gasteiger partial charge in [-0.2, -0.15) is 0 Å². The Morgan fingerprint density at radius 2 is 2.21 bits per heavy atom. The van der Waals surface area contributed by atoms with Gasteiger partial charge in [-0.3, -0.25) is 4.79 Å².